The van der Waals surface area contributed by atoms with Crippen molar-refractivity contribution in [3.8, 4) is 0 Å². The van der Waals surface area contributed by atoms with Crippen molar-refractivity contribution in [2.24, 2.45) is 14.1 Å². The van der Waals surface area contributed by atoms with Crippen molar-refractivity contribution in [1.29, 1.82) is 0 Å². The molecule has 4 rings (SSSR count). The van der Waals surface area contributed by atoms with Crippen molar-refractivity contribution in [3.05, 3.63) is 74.6 Å². The van der Waals surface area contributed by atoms with E-state index in [0.717, 1.165) is 23.2 Å². The van der Waals surface area contributed by atoms with E-state index in [0.29, 0.717) is 12.1 Å². The average molecular weight is 393 g/mol. The third kappa shape index (κ3) is 3.25. The van der Waals surface area contributed by atoms with Gasteiger partial charge in [0.1, 0.15) is 5.65 Å². The summed E-state index contributed by atoms with van der Waals surface area (Å²) in [6.07, 6.45) is 1.45. The average Bonchev–Trinajstić information content (AvgIpc) is 2.76. The largest absolute Gasteiger partial charge is 0.332 e. The van der Waals surface area contributed by atoms with Gasteiger partial charge in [0.2, 0.25) is 0 Å². The number of aromatic nitrogens is 3. The molecule has 1 aliphatic heterocycles. The maximum absolute atomic E-state index is 13.4. The predicted octanol–water partition coefficient (Wildman–Crippen LogP) is 0.761. The van der Waals surface area contributed by atoms with Crippen LogP contribution in [0.25, 0.3) is 11.0 Å². The highest BCUT2D eigenvalue weighted by molar-refractivity contribution is 5.97. The van der Waals surface area contributed by atoms with Gasteiger partial charge >= 0.3 is 5.69 Å². The molecule has 150 valence electrons. The minimum atomic E-state index is -0.455. The first-order chi connectivity index (χ1) is 13.9. The fourth-order valence-electron chi connectivity index (χ4n) is 3.87. The van der Waals surface area contributed by atoms with Crippen LogP contribution in [0, 0.1) is 0 Å². The molecule has 29 heavy (non-hydrogen) atoms. The molecular formula is C21H23N5O3. The van der Waals surface area contributed by atoms with Crippen LogP contribution >= 0.6 is 0 Å². The van der Waals surface area contributed by atoms with Gasteiger partial charge in [-0.3, -0.25) is 18.7 Å². The first-order valence-electron chi connectivity index (χ1n) is 9.48. The molecule has 1 saturated heterocycles. The summed E-state index contributed by atoms with van der Waals surface area (Å²) in [5, 5.41) is 0.255. The van der Waals surface area contributed by atoms with Gasteiger partial charge < -0.3 is 9.80 Å². The fourth-order valence-corrected chi connectivity index (χ4v) is 3.87. The predicted molar refractivity (Wildman–Crippen MR) is 110 cm³/mol. The minimum Gasteiger partial charge on any atom is -0.329 e. The molecule has 8 heteroatoms. The number of pyridine rings is 1. The van der Waals surface area contributed by atoms with Crippen LogP contribution < -0.4 is 11.2 Å². The van der Waals surface area contributed by atoms with Gasteiger partial charge in [0.05, 0.1) is 17.0 Å². The molecule has 2 aromatic heterocycles. The Morgan fingerprint density at radius 2 is 1.76 bits per heavy atom. The van der Waals surface area contributed by atoms with E-state index in [1.165, 1.54) is 17.8 Å². The molecule has 0 N–H and O–H groups in total. The zero-order chi connectivity index (χ0) is 20.7. The lowest BCUT2D eigenvalue weighted by Gasteiger charge is -2.40. The van der Waals surface area contributed by atoms with Gasteiger partial charge in [-0.05, 0) is 18.7 Å². The minimum absolute atomic E-state index is 0.0823. The van der Waals surface area contributed by atoms with Crippen molar-refractivity contribution in [3.63, 3.8) is 0 Å². The molecule has 8 nitrogen and oxygen atoms in total. The third-order valence-corrected chi connectivity index (χ3v) is 5.57. The number of nitrogens with zero attached hydrogens (tertiary/aromatic N) is 5. The number of hydrogen-bond acceptors (Lipinski definition) is 5. The number of amides is 1. The van der Waals surface area contributed by atoms with E-state index < -0.39 is 11.2 Å². The van der Waals surface area contributed by atoms with E-state index in [1.54, 1.807) is 13.1 Å². The number of hydrogen-bond donors (Lipinski definition) is 0. The van der Waals surface area contributed by atoms with Crippen LogP contribution in [0.2, 0.25) is 0 Å². The number of carbonyl (C=O) groups is 1. The Labute approximate surface area is 167 Å². The van der Waals surface area contributed by atoms with Gasteiger partial charge in [0.15, 0.2) is 0 Å². The van der Waals surface area contributed by atoms with Gasteiger partial charge in [-0.1, -0.05) is 30.3 Å². The number of aryl methyl sites for hydroxylation is 1. The molecule has 1 aliphatic rings. The maximum Gasteiger partial charge on any atom is 0.332 e. The second kappa shape index (κ2) is 7.29. The van der Waals surface area contributed by atoms with Gasteiger partial charge in [0.25, 0.3) is 11.5 Å². The molecule has 0 bridgehead atoms. The summed E-state index contributed by atoms with van der Waals surface area (Å²) in [5.41, 5.74) is 0.784. The summed E-state index contributed by atoms with van der Waals surface area (Å²) in [4.78, 5) is 46.3. The standard InChI is InChI=1S/C21H23N5O3/c1-23-9-10-26(17(13-23)14-7-5-4-6-8-14)19(27)15-11-16-18(22-12-15)24(2)21(29)25(3)20(16)28/h4-8,11-12,17H,9-10,13H2,1-3H3/t17-/m1/s1. The second-order valence-electron chi connectivity index (χ2n) is 7.49. The maximum atomic E-state index is 13.4. The molecular weight excluding hydrogens is 370 g/mol. The van der Waals surface area contributed by atoms with Crippen LogP contribution in [0.5, 0.6) is 0 Å². The molecule has 1 fully saturated rings. The smallest absolute Gasteiger partial charge is 0.329 e. The summed E-state index contributed by atoms with van der Waals surface area (Å²) in [7, 11) is 5.02. The Bertz CT molecular complexity index is 1200. The monoisotopic (exact) mass is 393 g/mol. The molecule has 0 saturated carbocycles. The lowest BCUT2D eigenvalue weighted by molar-refractivity contribution is 0.0498. The number of piperazine rings is 1. The number of benzene rings is 1. The van der Waals surface area contributed by atoms with Crippen LogP contribution in [-0.4, -0.2) is 56.5 Å². The topological polar surface area (TPSA) is 80.4 Å². The first-order valence-corrected chi connectivity index (χ1v) is 9.48. The molecule has 1 aromatic carbocycles. The molecule has 0 radical (unpaired) electrons. The zero-order valence-electron chi connectivity index (χ0n) is 16.7. The van der Waals surface area contributed by atoms with E-state index in [4.69, 9.17) is 0 Å². The summed E-state index contributed by atoms with van der Waals surface area (Å²) < 4.78 is 2.34. The summed E-state index contributed by atoms with van der Waals surface area (Å²) in [5.74, 6) is -0.169. The Balaban J connectivity index is 1.78. The Morgan fingerprint density at radius 1 is 1.03 bits per heavy atom. The van der Waals surface area contributed by atoms with Crippen molar-refractivity contribution in [2.75, 3.05) is 26.7 Å². The van der Waals surface area contributed by atoms with Crippen molar-refractivity contribution >= 4 is 16.9 Å². The number of fused-ring (bicyclic) bond motifs is 1. The van der Waals surface area contributed by atoms with E-state index >= 15 is 0 Å². The fraction of sp³-hybridized carbons (Fsp3) is 0.333. The lowest BCUT2D eigenvalue weighted by Crippen LogP contribution is -2.49. The molecule has 1 amide bonds. The Kier molecular flexibility index (Phi) is 4.79. The molecule has 1 atom stereocenters. The summed E-state index contributed by atoms with van der Waals surface area (Å²) in [6, 6.07) is 11.4. The number of rotatable bonds is 2. The van der Waals surface area contributed by atoms with E-state index in [1.807, 2.05) is 42.3 Å². The highest BCUT2D eigenvalue weighted by Gasteiger charge is 2.31. The molecule has 0 spiro atoms. The SMILES string of the molecule is CN1CCN(C(=O)c2cnc3c(c2)c(=O)n(C)c(=O)n3C)[C@@H](c2ccccc2)C1. The molecule has 0 aliphatic carbocycles. The lowest BCUT2D eigenvalue weighted by atomic mass is 10.0. The van der Waals surface area contributed by atoms with E-state index in [-0.39, 0.29) is 23.0 Å². The van der Waals surface area contributed by atoms with Crippen LogP contribution in [0.4, 0.5) is 0 Å². The number of carbonyl (C=O) groups excluding carboxylic acids is 1. The van der Waals surface area contributed by atoms with E-state index in [2.05, 4.69) is 9.88 Å². The molecule has 0 unspecified atom stereocenters. The van der Waals surface area contributed by atoms with Gasteiger partial charge in [0, 0.05) is 39.9 Å². The summed E-state index contributed by atoms with van der Waals surface area (Å²) >= 11 is 0. The molecule has 3 aromatic rings. The van der Waals surface area contributed by atoms with E-state index in [9.17, 15) is 14.4 Å². The van der Waals surface area contributed by atoms with Gasteiger partial charge in [-0.15, -0.1) is 0 Å². The highest BCUT2D eigenvalue weighted by Crippen LogP contribution is 2.26. The van der Waals surface area contributed by atoms with Gasteiger partial charge in [-0.25, -0.2) is 9.78 Å². The quantitative estimate of drug-likeness (QED) is 0.642. The van der Waals surface area contributed by atoms with Crippen molar-refractivity contribution in [2.45, 2.75) is 6.04 Å². The second-order valence-corrected chi connectivity index (χ2v) is 7.49. The van der Waals surface area contributed by atoms with Crippen molar-refractivity contribution in [1.82, 2.24) is 23.9 Å². The number of likely N-dealkylation sites (N-methyl/N-ethyl adjacent to an activating group) is 1. The Hall–Kier alpha value is -3.26. The Morgan fingerprint density at radius 3 is 2.48 bits per heavy atom. The molecule has 3 heterocycles. The normalized spacial score (nSPS) is 17.6. The van der Waals surface area contributed by atoms with Gasteiger partial charge in [-0.2, -0.15) is 0 Å². The van der Waals surface area contributed by atoms with Crippen LogP contribution in [0.1, 0.15) is 22.0 Å². The first kappa shape index (κ1) is 19.1. The summed E-state index contributed by atoms with van der Waals surface area (Å²) in [6.45, 7) is 2.08. The van der Waals surface area contributed by atoms with Crippen LogP contribution in [-0.2, 0) is 14.1 Å². The zero-order valence-corrected chi connectivity index (χ0v) is 16.7. The van der Waals surface area contributed by atoms with Crippen LogP contribution in [0.15, 0.2) is 52.2 Å². The van der Waals surface area contributed by atoms with Crippen molar-refractivity contribution < 1.29 is 4.79 Å². The van der Waals surface area contributed by atoms with Crippen LogP contribution in [0.3, 0.4) is 0 Å². The third-order valence-electron chi connectivity index (χ3n) is 5.57. The highest BCUT2D eigenvalue weighted by atomic mass is 16.2.